The number of rotatable bonds is 3. The number of nitrogens with zero attached hydrogens (tertiary/aromatic N) is 1. The summed E-state index contributed by atoms with van der Waals surface area (Å²) in [6.45, 7) is 1.10. The first kappa shape index (κ1) is 13.0. The smallest absolute Gasteiger partial charge is 0.227 e. The molecule has 1 amide bonds. The molecule has 18 heavy (non-hydrogen) atoms. The second-order valence-corrected chi connectivity index (χ2v) is 4.27. The van der Waals surface area contributed by atoms with Crippen LogP contribution in [0, 0.1) is 5.82 Å². The Labute approximate surface area is 105 Å². The summed E-state index contributed by atoms with van der Waals surface area (Å²) >= 11 is 0. The standard InChI is InChI=1S/C13H16FNO3/c14-12-4-2-1-3-10(12)7-13(17)15-5-6-18-9-11(15)8-16/h1-4,11,16H,5-9H2. The van der Waals surface area contributed by atoms with Gasteiger partial charge >= 0.3 is 0 Å². The Morgan fingerprint density at radius 3 is 3.00 bits per heavy atom. The van der Waals surface area contributed by atoms with Crippen molar-refractivity contribution in [1.82, 2.24) is 4.90 Å². The Hall–Kier alpha value is -1.46. The van der Waals surface area contributed by atoms with Crippen molar-refractivity contribution in [3.05, 3.63) is 35.6 Å². The molecule has 1 aromatic rings. The van der Waals surface area contributed by atoms with E-state index in [1.54, 1.807) is 23.1 Å². The van der Waals surface area contributed by atoms with Gasteiger partial charge < -0.3 is 14.7 Å². The number of aliphatic hydroxyl groups is 1. The molecule has 0 bridgehead atoms. The van der Waals surface area contributed by atoms with Gasteiger partial charge in [0.05, 0.1) is 32.3 Å². The van der Waals surface area contributed by atoms with Gasteiger partial charge in [-0.25, -0.2) is 4.39 Å². The van der Waals surface area contributed by atoms with E-state index in [9.17, 15) is 14.3 Å². The van der Waals surface area contributed by atoms with Crippen molar-refractivity contribution in [2.24, 2.45) is 0 Å². The van der Waals surface area contributed by atoms with Crippen molar-refractivity contribution in [3.8, 4) is 0 Å². The lowest BCUT2D eigenvalue weighted by Crippen LogP contribution is -2.51. The molecule has 1 saturated heterocycles. The zero-order chi connectivity index (χ0) is 13.0. The zero-order valence-corrected chi connectivity index (χ0v) is 10.0. The Morgan fingerprint density at radius 2 is 2.28 bits per heavy atom. The molecule has 0 aromatic heterocycles. The molecule has 0 saturated carbocycles. The lowest BCUT2D eigenvalue weighted by Gasteiger charge is -2.34. The lowest BCUT2D eigenvalue weighted by atomic mass is 10.1. The van der Waals surface area contributed by atoms with E-state index in [1.807, 2.05) is 0 Å². The molecule has 4 nitrogen and oxygen atoms in total. The molecule has 1 N–H and O–H groups in total. The maximum Gasteiger partial charge on any atom is 0.227 e. The highest BCUT2D eigenvalue weighted by Gasteiger charge is 2.26. The molecule has 2 rings (SSSR count). The minimum Gasteiger partial charge on any atom is -0.394 e. The Balaban J connectivity index is 2.05. The monoisotopic (exact) mass is 253 g/mol. The SMILES string of the molecule is O=C(Cc1ccccc1F)N1CCOCC1CO. The molecule has 5 heteroatoms. The lowest BCUT2D eigenvalue weighted by molar-refractivity contribution is -0.140. The predicted octanol–water partition coefficient (Wildman–Crippen LogP) is 0.588. The van der Waals surface area contributed by atoms with E-state index in [0.717, 1.165) is 0 Å². The van der Waals surface area contributed by atoms with Crippen LogP contribution in [0.3, 0.4) is 0 Å². The highest BCUT2D eigenvalue weighted by molar-refractivity contribution is 5.79. The number of halogens is 1. The summed E-state index contributed by atoms with van der Waals surface area (Å²) in [4.78, 5) is 13.6. The van der Waals surface area contributed by atoms with Crippen LogP contribution in [0.4, 0.5) is 4.39 Å². The molecule has 1 aliphatic heterocycles. The summed E-state index contributed by atoms with van der Waals surface area (Å²) < 4.78 is 18.7. The van der Waals surface area contributed by atoms with Gasteiger partial charge in [0, 0.05) is 6.54 Å². The van der Waals surface area contributed by atoms with Gasteiger partial charge in [-0.05, 0) is 11.6 Å². The summed E-state index contributed by atoms with van der Waals surface area (Å²) in [6.07, 6.45) is 0.0170. The number of carbonyl (C=O) groups is 1. The largest absolute Gasteiger partial charge is 0.394 e. The van der Waals surface area contributed by atoms with Gasteiger partial charge in [0.2, 0.25) is 5.91 Å². The summed E-state index contributed by atoms with van der Waals surface area (Å²) in [5.41, 5.74) is 0.380. The molecule has 0 aliphatic carbocycles. The number of benzene rings is 1. The van der Waals surface area contributed by atoms with E-state index in [1.165, 1.54) is 6.07 Å². The normalized spacial score (nSPS) is 19.9. The Kier molecular flexibility index (Phi) is 4.28. The third-order valence-corrected chi connectivity index (χ3v) is 3.06. The molecule has 1 fully saturated rings. The summed E-state index contributed by atoms with van der Waals surface area (Å²) in [5.74, 6) is -0.554. The zero-order valence-electron chi connectivity index (χ0n) is 10.0. The average Bonchev–Trinajstić information content (AvgIpc) is 2.41. The number of carbonyl (C=O) groups excluding carboxylic acids is 1. The van der Waals surface area contributed by atoms with E-state index in [-0.39, 0.29) is 30.8 Å². The van der Waals surface area contributed by atoms with Crippen LogP contribution in [-0.2, 0) is 16.0 Å². The quantitative estimate of drug-likeness (QED) is 0.857. The van der Waals surface area contributed by atoms with Gasteiger partial charge in [-0.3, -0.25) is 4.79 Å². The number of hydrogen-bond donors (Lipinski definition) is 1. The van der Waals surface area contributed by atoms with Crippen LogP contribution < -0.4 is 0 Å². The van der Waals surface area contributed by atoms with Crippen LogP contribution in [0.1, 0.15) is 5.56 Å². The molecule has 1 heterocycles. The minimum absolute atomic E-state index is 0.0170. The highest BCUT2D eigenvalue weighted by Crippen LogP contribution is 2.12. The third-order valence-electron chi connectivity index (χ3n) is 3.06. The number of amides is 1. The van der Waals surface area contributed by atoms with Gasteiger partial charge in [-0.1, -0.05) is 18.2 Å². The van der Waals surface area contributed by atoms with Crippen LogP contribution in [0.5, 0.6) is 0 Å². The van der Waals surface area contributed by atoms with E-state index in [0.29, 0.717) is 25.3 Å². The summed E-state index contributed by atoms with van der Waals surface area (Å²) in [6, 6.07) is 5.91. The number of morpholine rings is 1. The van der Waals surface area contributed by atoms with Crippen molar-refractivity contribution in [3.63, 3.8) is 0 Å². The fourth-order valence-electron chi connectivity index (χ4n) is 2.04. The Bertz CT molecular complexity index is 424. The molecule has 1 atom stereocenters. The third kappa shape index (κ3) is 2.86. The van der Waals surface area contributed by atoms with E-state index in [4.69, 9.17) is 4.74 Å². The fourth-order valence-corrected chi connectivity index (χ4v) is 2.04. The van der Waals surface area contributed by atoms with Gasteiger partial charge in [0.25, 0.3) is 0 Å². The average molecular weight is 253 g/mol. The maximum absolute atomic E-state index is 13.5. The van der Waals surface area contributed by atoms with Crippen molar-refractivity contribution in [2.45, 2.75) is 12.5 Å². The summed E-state index contributed by atoms with van der Waals surface area (Å²) in [5, 5.41) is 9.18. The first-order valence-electron chi connectivity index (χ1n) is 5.94. The first-order chi connectivity index (χ1) is 8.72. The van der Waals surface area contributed by atoms with Crippen LogP contribution in [0.2, 0.25) is 0 Å². The second kappa shape index (κ2) is 5.93. The number of ether oxygens (including phenoxy) is 1. The molecule has 98 valence electrons. The molecular formula is C13H16FNO3. The van der Waals surface area contributed by atoms with E-state index < -0.39 is 0 Å². The highest BCUT2D eigenvalue weighted by atomic mass is 19.1. The van der Waals surface area contributed by atoms with E-state index >= 15 is 0 Å². The molecule has 1 unspecified atom stereocenters. The second-order valence-electron chi connectivity index (χ2n) is 4.27. The van der Waals surface area contributed by atoms with Gasteiger partial charge in [0.1, 0.15) is 5.82 Å². The van der Waals surface area contributed by atoms with Gasteiger partial charge in [-0.15, -0.1) is 0 Å². The van der Waals surface area contributed by atoms with Crippen molar-refractivity contribution in [1.29, 1.82) is 0 Å². The number of hydrogen-bond acceptors (Lipinski definition) is 3. The summed E-state index contributed by atoms with van der Waals surface area (Å²) in [7, 11) is 0. The fraction of sp³-hybridized carbons (Fsp3) is 0.462. The van der Waals surface area contributed by atoms with Crippen molar-refractivity contribution in [2.75, 3.05) is 26.4 Å². The number of aliphatic hydroxyl groups excluding tert-OH is 1. The topological polar surface area (TPSA) is 49.8 Å². The first-order valence-corrected chi connectivity index (χ1v) is 5.94. The predicted molar refractivity (Wildman–Crippen MR) is 63.5 cm³/mol. The van der Waals surface area contributed by atoms with Gasteiger partial charge in [0.15, 0.2) is 0 Å². The van der Waals surface area contributed by atoms with E-state index in [2.05, 4.69) is 0 Å². The van der Waals surface area contributed by atoms with Gasteiger partial charge in [-0.2, -0.15) is 0 Å². The molecule has 0 spiro atoms. The van der Waals surface area contributed by atoms with Crippen molar-refractivity contribution >= 4 is 5.91 Å². The van der Waals surface area contributed by atoms with Crippen LogP contribution in [0.25, 0.3) is 0 Å². The molecule has 1 aromatic carbocycles. The molecular weight excluding hydrogens is 237 g/mol. The Morgan fingerprint density at radius 1 is 1.50 bits per heavy atom. The van der Waals surface area contributed by atoms with Crippen LogP contribution >= 0.6 is 0 Å². The maximum atomic E-state index is 13.5. The molecule has 0 radical (unpaired) electrons. The molecule has 1 aliphatic rings. The van der Waals surface area contributed by atoms with Crippen LogP contribution in [-0.4, -0.2) is 48.3 Å². The minimum atomic E-state index is -0.375. The van der Waals surface area contributed by atoms with Crippen LogP contribution in [0.15, 0.2) is 24.3 Å². The van der Waals surface area contributed by atoms with Crippen molar-refractivity contribution < 1.29 is 19.0 Å².